The number of hydrogen-bond donors (Lipinski definition) is 25. The zero-order valence-electron chi connectivity index (χ0n) is 78.0. The number of aromatic nitrogens is 1. The number of rotatable bonds is 33. The van der Waals surface area contributed by atoms with Crippen molar-refractivity contribution >= 4 is 76.1 Å². The van der Waals surface area contributed by atoms with Gasteiger partial charge in [-0.3, -0.25) is 43.2 Å². The number of phenolic OH excluding ortho intramolecular Hbond substituents is 3. The number of likely N-dealkylation sites (N-methyl/N-ethyl adjacent to an activating group) is 1. The molecule has 0 radical (unpaired) electrons. The van der Waals surface area contributed by atoms with Gasteiger partial charge in [0.1, 0.15) is 133 Å². The molecule has 27 atom stereocenters. The molecule has 5 aromatic carbocycles. The van der Waals surface area contributed by atoms with Crippen LogP contribution in [0, 0.1) is 17.3 Å². The highest BCUT2D eigenvalue weighted by Gasteiger charge is 2.54. The molecule has 0 spiro atoms. The number of pyridine rings is 1. The van der Waals surface area contributed by atoms with Gasteiger partial charge in [-0.05, 0) is 140 Å². The van der Waals surface area contributed by atoms with E-state index in [1.54, 1.807) is 6.92 Å². The molecular formula is C96H124Cl2N9O34+. The average molecular weight is 2020 g/mol. The summed E-state index contributed by atoms with van der Waals surface area (Å²) in [5.74, 6) is -20.2. The molecule has 14 rings (SSSR count). The molecule has 26 N–H and O–H groups in total. The van der Waals surface area contributed by atoms with E-state index in [1.807, 2.05) is 45.3 Å². The molecule has 9 heterocycles. The Morgan fingerprint density at radius 2 is 1.28 bits per heavy atom. The Morgan fingerprint density at radius 3 is 1.90 bits per heavy atom. The number of nitrogens with one attached hydrogen (secondary N) is 7. The zero-order valence-corrected chi connectivity index (χ0v) is 79.5. The van der Waals surface area contributed by atoms with Gasteiger partial charge in [-0.1, -0.05) is 81.9 Å². The zero-order chi connectivity index (χ0) is 103. The molecule has 6 aromatic rings. The lowest BCUT2D eigenvalue weighted by Crippen LogP contribution is -2.62. The fourth-order valence-electron chi connectivity index (χ4n) is 18.2. The smallest absolute Gasteiger partial charge is 0.251 e. The number of nitrogens with zero attached hydrogens (tertiary/aromatic N) is 1. The minimum absolute atomic E-state index is 0.0629. The number of halogens is 2. The number of nitrogens with two attached hydrogens (primary N) is 1. The van der Waals surface area contributed by atoms with Crippen molar-refractivity contribution in [2.45, 2.75) is 271 Å². The van der Waals surface area contributed by atoms with Crippen molar-refractivity contribution in [1.82, 2.24) is 37.2 Å². The van der Waals surface area contributed by atoms with Gasteiger partial charge >= 0.3 is 0 Å². The molecular weight excluding hydrogens is 1890 g/mol. The molecule has 3 fully saturated rings. The van der Waals surface area contributed by atoms with Crippen LogP contribution in [-0.4, -0.2) is 302 Å². The number of fused-ring (bicyclic) bond motifs is 15. The molecule has 43 nitrogen and oxygen atoms in total. The van der Waals surface area contributed by atoms with Crippen LogP contribution in [0.15, 0.2) is 103 Å². The first-order chi connectivity index (χ1) is 67.0. The Bertz CT molecular complexity index is 5440. The Morgan fingerprint density at radius 1 is 0.652 bits per heavy atom. The van der Waals surface area contributed by atoms with E-state index in [9.17, 15) is 101 Å². The third-order valence-electron chi connectivity index (χ3n) is 26.2. The van der Waals surface area contributed by atoms with Crippen LogP contribution in [0.1, 0.15) is 169 Å². The Balaban J connectivity index is 0.962. The van der Waals surface area contributed by atoms with E-state index >= 15 is 28.8 Å². The highest BCUT2D eigenvalue weighted by atomic mass is 35.5. The van der Waals surface area contributed by atoms with E-state index < -0.39 is 337 Å². The summed E-state index contributed by atoms with van der Waals surface area (Å²) in [6.45, 7) is 5.94. The Labute approximate surface area is 819 Å². The largest absolute Gasteiger partial charge is 0.508 e. The quantitative estimate of drug-likeness (QED) is 0.0185. The fraction of sp³-hybridized carbons (Fsp3) is 0.542. The van der Waals surface area contributed by atoms with E-state index in [2.05, 4.69) is 48.7 Å². The van der Waals surface area contributed by atoms with Gasteiger partial charge in [-0.25, -0.2) is 4.57 Å². The third-order valence-corrected chi connectivity index (χ3v) is 26.8. The Kier molecular flexibility index (Phi) is 37.4. The molecule has 3 saturated heterocycles. The van der Waals surface area contributed by atoms with Crippen LogP contribution in [0.3, 0.4) is 0 Å². The van der Waals surface area contributed by atoms with Crippen LogP contribution in [0.2, 0.25) is 10.0 Å². The van der Waals surface area contributed by atoms with Crippen molar-refractivity contribution in [3.05, 3.63) is 147 Å². The molecule has 45 heteroatoms. The number of ketones is 2. The van der Waals surface area contributed by atoms with E-state index in [0.717, 1.165) is 105 Å². The number of carbonyl (C=O) groups excluding carboxylic acids is 9. The van der Waals surface area contributed by atoms with Gasteiger partial charge in [0, 0.05) is 79.9 Å². The lowest BCUT2D eigenvalue weighted by Gasteiger charge is -2.48. The number of carbonyl (C=O) groups is 9. The predicted octanol–water partition coefficient (Wildman–Crippen LogP) is -0.330. The first-order valence-electron chi connectivity index (χ1n) is 46.5. The third kappa shape index (κ3) is 25.8. The second-order valence-electron chi connectivity index (χ2n) is 37.0. The molecule has 7 amide bonds. The minimum Gasteiger partial charge on any atom is -0.508 e. The number of primary amides is 1. The highest BCUT2D eigenvalue weighted by Crippen LogP contribution is 2.52. The van der Waals surface area contributed by atoms with Gasteiger partial charge in [-0.2, -0.15) is 0 Å². The molecule has 0 saturated carbocycles. The number of benzene rings is 5. The first kappa shape index (κ1) is 109. The molecule has 1 aromatic heterocycles. The lowest BCUT2D eigenvalue weighted by molar-refractivity contribution is -0.697. The summed E-state index contributed by atoms with van der Waals surface area (Å²) in [5.41, 5.74) is 3.11. The number of aliphatic hydroxyl groups excluding tert-OH is 14. The maximum absolute atomic E-state index is 16.6. The summed E-state index contributed by atoms with van der Waals surface area (Å²) < 4.78 is 52.8. The monoisotopic (exact) mass is 2020 g/mol. The van der Waals surface area contributed by atoms with Gasteiger partial charge in [0.2, 0.25) is 47.5 Å². The number of aryl methyl sites for hydroxylation is 2. The Hall–Kier alpha value is -10.5. The number of aromatic hydroxyl groups is 3. The molecule has 8 aliphatic heterocycles. The topological polar surface area (TPSA) is 685 Å². The number of amides is 7. The van der Waals surface area contributed by atoms with E-state index in [4.69, 9.17) is 66.8 Å². The van der Waals surface area contributed by atoms with Crippen LogP contribution in [0.4, 0.5) is 0 Å². The minimum atomic E-state index is -2.53. The summed E-state index contributed by atoms with van der Waals surface area (Å²) >= 11 is 14.5. The van der Waals surface area contributed by atoms with Gasteiger partial charge in [-0.15, -0.1) is 0 Å². The van der Waals surface area contributed by atoms with Crippen molar-refractivity contribution in [1.29, 1.82) is 0 Å². The number of unbranched alkanes of at least 4 members (excludes halogenated alkanes) is 3. The summed E-state index contributed by atoms with van der Waals surface area (Å²) in [4.78, 5) is 136. The summed E-state index contributed by atoms with van der Waals surface area (Å²) in [6.07, 6.45) is -30.7. The fourth-order valence-corrected chi connectivity index (χ4v) is 18.6. The van der Waals surface area contributed by atoms with Crippen molar-refractivity contribution in [3.8, 4) is 57.1 Å². The normalized spacial score (nSPS) is 28.7. The average Bonchev–Trinajstić information content (AvgIpc) is 0.762. The number of aliphatic hydroxyl groups is 14. The second kappa shape index (κ2) is 48.2. The van der Waals surface area contributed by atoms with Crippen LogP contribution in [0.5, 0.6) is 46.0 Å². The van der Waals surface area contributed by atoms with Gasteiger partial charge in [0.25, 0.3) is 5.91 Å². The van der Waals surface area contributed by atoms with Crippen molar-refractivity contribution in [2.24, 2.45) is 23.0 Å². The molecule has 141 heavy (non-hydrogen) atoms. The summed E-state index contributed by atoms with van der Waals surface area (Å²) in [5, 5.41) is 209. The molecule has 23 unspecified atom stereocenters. The standard InChI is InChI=1S/C96H123Cl2N9O34/c1-7-8-9-10-24-107-25-19-44(20-26-107)18-21-96(5)38-69(134-43(4)87(96)127)139-86-80(123)78(121)67(41-110)138-95(86)141-85-64-32-48-33-65(85)136-63-17-14-47(30-55(63)98)76(119)74-92(132)104-72(91(131)101-22-11-23-102-93(133)82(125)81(124)84(61(116)39-108)140-94-83(126)79(122)77(120)66(40-109)137-94)53-35-50(111)36-58(113)70(53)52-28-45(12-15-57(52)112)51(89(129)106-74)37-60(115)71(48)103-88(128)49(34-68(99)117)31-59(114)73(105-90(130)56(100-6)27-42(2)3)75(118)46-13-16-62(135-64)54(97)29-46/h12-17,19-20,25-26,28-30,32-33,35-36,42-43,49,51,56,61,66-67,69,71-84,86-87,94-95,100,108-110,116,118-127H,7-11,18,21-24,27,31,34,37-41H2,1-6H3,(H10-,99,101,102,103,104,105,106,111,112,113,117,128,129,130,131,132,133)/p+1/t43?,49?,51-,56?,61?,66?,67?,69?,71+,72-,73?,74?,75?,76?,77?,78?,79?,80?,81?,82?,83?,84?,86?,87?,94+,95?,96?/m0/s1. The first-order valence-corrected chi connectivity index (χ1v) is 47.3. The molecule has 8 aliphatic rings. The number of ether oxygens (including phenoxy) is 8. The second-order valence-corrected chi connectivity index (χ2v) is 37.9. The molecule has 0 aliphatic carbocycles. The van der Waals surface area contributed by atoms with Crippen molar-refractivity contribution < 1.29 is 172 Å². The van der Waals surface area contributed by atoms with E-state index in [1.165, 1.54) is 19.2 Å². The van der Waals surface area contributed by atoms with Gasteiger partial charge in [0.05, 0.1) is 60.0 Å². The summed E-state index contributed by atoms with van der Waals surface area (Å²) in [6, 6.07) is 8.17. The molecule has 11 bridgehead atoms. The van der Waals surface area contributed by atoms with Crippen molar-refractivity contribution in [3.63, 3.8) is 0 Å². The molecule has 770 valence electrons. The predicted molar refractivity (Wildman–Crippen MR) is 493 cm³/mol. The maximum Gasteiger partial charge on any atom is 0.251 e. The highest BCUT2D eigenvalue weighted by molar-refractivity contribution is 6.32. The maximum atomic E-state index is 16.6. The van der Waals surface area contributed by atoms with Crippen molar-refractivity contribution in [2.75, 3.05) is 40.0 Å². The van der Waals surface area contributed by atoms with E-state index in [-0.39, 0.29) is 52.6 Å². The lowest BCUT2D eigenvalue weighted by atomic mass is 9.73. The van der Waals surface area contributed by atoms with Crippen LogP contribution in [0.25, 0.3) is 11.1 Å². The van der Waals surface area contributed by atoms with Gasteiger partial charge in [0.15, 0.2) is 60.2 Å². The van der Waals surface area contributed by atoms with Crippen LogP contribution in [-0.2, 0) is 79.8 Å². The van der Waals surface area contributed by atoms with Crippen LogP contribution < -0.4 is 61.7 Å². The summed E-state index contributed by atoms with van der Waals surface area (Å²) in [7, 11) is 1.48. The number of phenols is 3. The number of Topliss-reactive ketones (excluding diaryl/α,β-unsaturated/α-hetero) is 2. The van der Waals surface area contributed by atoms with Gasteiger partial charge < -0.3 is 168 Å². The van der Waals surface area contributed by atoms with E-state index in [0.29, 0.717) is 12.8 Å². The SMILES string of the molecule is CCCCCC[n+]1ccc(CCC2(C)CC(OC3C(Oc4c5cc6cc4Oc4ccc(cc4Cl)C(O)C4NC(=O)[C@@H](CC(=O)[C@@H]6NC(=O)C(CC(N)=O)CC(=O)C(NC(=O)C(CC(C)C)NC)C(O)c6ccc(c(Cl)c6)O5)c5ccc(O)c(c5)-c5c(O)cc(O)cc5[C@@H](C(=O)NCCCNC(=O)C(O)C(O)C(O[C@H]5OC(CO)C(O)C(O)C5O)C(O)CO)NC4=O)OC(CO)C(O)C3O)OC(C)C2O)cc1. The van der Waals surface area contributed by atoms with Crippen LogP contribution >= 0.6 is 23.2 Å². The number of hydrogen-bond acceptors (Lipinski definition) is 35.